The Morgan fingerprint density at radius 1 is 1.07 bits per heavy atom. The number of ketones is 1. The highest BCUT2D eigenvalue weighted by molar-refractivity contribution is 7.85. The van der Waals surface area contributed by atoms with Gasteiger partial charge in [-0.15, -0.1) is 0 Å². The number of unbranched alkanes of at least 4 members (excludes halogenated alkanes) is 9. The van der Waals surface area contributed by atoms with Crippen molar-refractivity contribution in [1.29, 1.82) is 0 Å². The van der Waals surface area contributed by atoms with Crippen LogP contribution in [0.3, 0.4) is 0 Å². The molecule has 1 aliphatic rings. The van der Waals surface area contributed by atoms with Crippen molar-refractivity contribution in [2.75, 3.05) is 38.5 Å². The molecule has 0 bridgehead atoms. The number of nitrogens with zero attached hydrogens (tertiary/aromatic N) is 2. The third-order valence-corrected chi connectivity index (χ3v) is 6.54. The van der Waals surface area contributed by atoms with E-state index < -0.39 is 22.0 Å². The molecule has 3 N–H and O–H groups in total. The van der Waals surface area contributed by atoms with Crippen LogP contribution in [0, 0.1) is 0 Å². The predicted molar refractivity (Wildman–Crippen MR) is 118 cm³/mol. The minimum absolute atomic E-state index is 0.0240. The highest BCUT2D eigenvalue weighted by Gasteiger charge is 2.43. The van der Waals surface area contributed by atoms with Crippen LogP contribution >= 0.6 is 0 Å². The van der Waals surface area contributed by atoms with Gasteiger partial charge in [0.25, 0.3) is 16.0 Å². The van der Waals surface area contributed by atoms with E-state index in [0.29, 0.717) is 25.3 Å². The second-order valence-corrected chi connectivity index (χ2v) is 9.96. The average Bonchev–Trinajstić information content (AvgIpc) is 3.04. The van der Waals surface area contributed by atoms with Gasteiger partial charge in [0.15, 0.2) is 0 Å². The molecule has 0 saturated heterocycles. The molecule has 30 heavy (non-hydrogen) atoms. The van der Waals surface area contributed by atoms with E-state index in [1.54, 1.807) is 0 Å². The number of Topliss-reactive ketones (excluding diaryl/α,β-unsaturated/α-hetero) is 1. The van der Waals surface area contributed by atoms with E-state index in [2.05, 4.69) is 11.9 Å². The summed E-state index contributed by atoms with van der Waals surface area (Å²) < 4.78 is 31.0. The van der Waals surface area contributed by atoms with Crippen LogP contribution in [0.15, 0.2) is 4.99 Å². The number of aliphatic hydroxyl groups excluding tert-OH is 2. The Labute approximate surface area is 181 Å². The second-order valence-electron chi connectivity index (χ2n) is 8.46. The van der Waals surface area contributed by atoms with Crippen molar-refractivity contribution in [2.24, 2.45) is 4.99 Å². The number of amidine groups is 1. The van der Waals surface area contributed by atoms with E-state index in [9.17, 15) is 23.4 Å². The van der Waals surface area contributed by atoms with Gasteiger partial charge in [0.1, 0.15) is 31.5 Å². The first-order valence-corrected chi connectivity index (χ1v) is 13.0. The summed E-state index contributed by atoms with van der Waals surface area (Å²) in [5.74, 6) is -0.577. The quantitative estimate of drug-likeness (QED) is 0.168. The lowest BCUT2D eigenvalue weighted by Gasteiger charge is -2.34. The Bertz CT molecular complexity index is 637. The average molecular weight is 450 g/mol. The van der Waals surface area contributed by atoms with E-state index >= 15 is 0 Å². The van der Waals surface area contributed by atoms with Crippen molar-refractivity contribution in [1.82, 2.24) is 0 Å². The standard InChI is InChI=1S/C21H40N2O6S/c1-2-3-4-5-6-7-8-9-10-11-12-20(26)21-22-13-14-23(21,15-16-24)17-19(25)18-30(27,28)29/h19,24-25H,2-18H2,1H3/p+1. The lowest BCUT2D eigenvalue weighted by molar-refractivity contribution is -0.837. The summed E-state index contributed by atoms with van der Waals surface area (Å²) in [6.45, 7) is 2.96. The molecule has 176 valence electrons. The van der Waals surface area contributed by atoms with Crippen LogP contribution in [0.25, 0.3) is 0 Å². The largest absolute Gasteiger partial charge is 0.390 e. The lowest BCUT2D eigenvalue weighted by Crippen LogP contribution is -2.59. The first-order valence-electron chi connectivity index (χ1n) is 11.4. The molecule has 0 amide bonds. The second kappa shape index (κ2) is 14.2. The number of hydrogen-bond donors (Lipinski definition) is 3. The highest BCUT2D eigenvalue weighted by atomic mass is 32.2. The number of carbonyl (C=O) groups excluding carboxylic acids is 1. The molecule has 1 aliphatic heterocycles. The summed E-state index contributed by atoms with van der Waals surface area (Å²) in [5, 5.41) is 19.6. The Hall–Kier alpha value is -0.870. The van der Waals surface area contributed by atoms with Crippen molar-refractivity contribution in [3.8, 4) is 0 Å². The van der Waals surface area contributed by atoms with Crippen molar-refractivity contribution in [3.63, 3.8) is 0 Å². The Kier molecular flexibility index (Phi) is 12.9. The van der Waals surface area contributed by atoms with E-state index in [1.165, 1.54) is 44.9 Å². The predicted octanol–water partition coefficient (Wildman–Crippen LogP) is 2.34. The minimum atomic E-state index is -4.32. The van der Waals surface area contributed by atoms with Crippen LogP contribution in [0.1, 0.15) is 77.6 Å². The molecule has 1 rings (SSSR count). The first-order chi connectivity index (χ1) is 14.2. The molecule has 0 aromatic rings. The maximum Gasteiger partial charge on any atom is 0.267 e. The molecule has 0 fully saturated rings. The van der Waals surface area contributed by atoms with Crippen molar-refractivity contribution < 1.29 is 32.5 Å². The summed E-state index contributed by atoms with van der Waals surface area (Å²) in [5.41, 5.74) is 0. The third-order valence-electron chi connectivity index (χ3n) is 5.74. The summed E-state index contributed by atoms with van der Waals surface area (Å²) >= 11 is 0. The van der Waals surface area contributed by atoms with Gasteiger partial charge < -0.3 is 10.2 Å². The zero-order valence-electron chi connectivity index (χ0n) is 18.5. The van der Waals surface area contributed by atoms with Gasteiger partial charge in [-0.25, -0.2) is 4.99 Å². The van der Waals surface area contributed by atoms with Crippen LogP contribution in [0.2, 0.25) is 0 Å². The van der Waals surface area contributed by atoms with Gasteiger partial charge in [-0.05, 0) is 6.42 Å². The van der Waals surface area contributed by atoms with Crippen LogP contribution in [0.4, 0.5) is 0 Å². The molecule has 0 spiro atoms. The highest BCUT2D eigenvalue weighted by Crippen LogP contribution is 2.20. The zero-order chi connectivity index (χ0) is 22.5. The van der Waals surface area contributed by atoms with Crippen molar-refractivity contribution >= 4 is 21.7 Å². The summed E-state index contributed by atoms with van der Waals surface area (Å²) in [4.78, 5) is 17.1. The minimum Gasteiger partial charge on any atom is -0.390 e. The monoisotopic (exact) mass is 449 g/mol. The molecule has 0 aliphatic carbocycles. The van der Waals surface area contributed by atoms with E-state index in [-0.39, 0.29) is 30.0 Å². The van der Waals surface area contributed by atoms with Gasteiger partial charge >= 0.3 is 0 Å². The Morgan fingerprint density at radius 2 is 1.63 bits per heavy atom. The molecule has 0 saturated carbocycles. The molecular formula is C21H41N2O6S+. The van der Waals surface area contributed by atoms with Gasteiger partial charge in [0.05, 0.1) is 13.2 Å². The molecule has 2 atom stereocenters. The summed E-state index contributed by atoms with van der Waals surface area (Å²) in [7, 11) is -4.32. The molecule has 9 heteroatoms. The molecule has 0 aromatic heterocycles. The van der Waals surface area contributed by atoms with Crippen molar-refractivity contribution in [3.05, 3.63) is 0 Å². The van der Waals surface area contributed by atoms with Gasteiger partial charge in [-0.1, -0.05) is 64.7 Å². The van der Waals surface area contributed by atoms with Gasteiger partial charge in [-0.3, -0.25) is 13.8 Å². The molecule has 1 heterocycles. The van der Waals surface area contributed by atoms with Gasteiger partial charge in [-0.2, -0.15) is 8.42 Å². The SMILES string of the molecule is CCCCCCCCCCCCC(=O)C1=NCC[N+]1(CCO)CC(O)CS(=O)(=O)O. The molecule has 8 nitrogen and oxygen atoms in total. The zero-order valence-corrected chi connectivity index (χ0v) is 19.3. The number of aliphatic imine (C=N–C) groups is 1. The fraction of sp³-hybridized carbons (Fsp3) is 0.905. The number of hydrogen-bond acceptors (Lipinski definition) is 6. The maximum atomic E-state index is 12.8. The number of quaternary nitrogens is 1. The number of aliphatic hydroxyl groups is 2. The van der Waals surface area contributed by atoms with Crippen LogP contribution in [-0.4, -0.2) is 83.9 Å². The Balaban J connectivity index is 2.43. The molecule has 2 unspecified atom stereocenters. The van der Waals surface area contributed by atoms with Crippen molar-refractivity contribution in [2.45, 2.75) is 83.7 Å². The number of rotatable bonds is 18. The van der Waals surface area contributed by atoms with E-state index in [1.807, 2.05) is 0 Å². The van der Waals surface area contributed by atoms with Crippen LogP contribution in [0.5, 0.6) is 0 Å². The van der Waals surface area contributed by atoms with Crippen LogP contribution < -0.4 is 0 Å². The molecule has 0 aromatic carbocycles. The summed E-state index contributed by atoms with van der Waals surface area (Å²) in [6.07, 6.45) is 10.8. The maximum absolute atomic E-state index is 12.8. The third kappa shape index (κ3) is 10.4. The normalized spacial score (nSPS) is 20.3. The lowest BCUT2D eigenvalue weighted by atomic mass is 10.0. The van der Waals surface area contributed by atoms with Gasteiger partial charge in [0, 0.05) is 6.42 Å². The fourth-order valence-corrected chi connectivity index (χ4v) is 4.81. The molecule has 0 radical (unpaired) electrons. The smallest absolute Gasteiger partial charge is 0.267 e. The first kappa shape index (κ1) is 27.2. The topological polar surface area (TPSA) is 124 Å². The molecular weight excluding hydrogens is 408 g/mol. The fourth-order valence-electron chi connectivity index (χ4n) is 4.22. The summed E-state index contributed by atoms with van der Waals surface area (Å²) in [6, 6.07) is 0. The Morgan fingerprint density at radius 3 is 2.17 bits per heavy atom. The van der Waals surface area contributed by atoms with Gasteiger partial charge in [0.2, 0.25) is 5.78 Å². The van der Waals surface area contributed by atoms with Crippen LogP contribution in [-0.2, 0) is 14.9 Å². The van der Waals surface area contributed by atoms with E-state index in [4.69, 9.17) is 4.55 Å². The number of carbonyl (C=O) groups is 1. The van der Waals surface area contributed by atoms with E-state index in [0.717, 1.165) is 19.3 Å².